The van der Waals surface area contributed by atoms with E-state index >= 15 is 0 Å². The molecule has 0 fully saturated rings. The summed E-state index contributed by atoms with van der Waals surface area (Å²) in [5, 5.41) is 0. The van der Waals surface area contributed by atoms with Crippen molar-refractivity contribution < 1.29 is 0 Å². The first kappa shape index (κ1) is 14.3. The van der Waals surface area contributed by atoms with Crippen molar-refractivity contribution in [2.24, 2.45) is 5.73 Å². The molecule has 12 heavy (non-hydrogen) atoms. The van der Waals surface area contributed by atoms with Crippen LogP contribution in [0.2, 0.25) is 0 Å². The molecule has 0 aliphatic rings. The quantitative estimate of drug-likeness (QED) is 0.824. The number of hydrogen-bond acceptors (Lipinski definition) is 2. The summed E-state index contributed by atoms with van der Waals surface area (Å²) >= 11 is 0. The van der Waals surface area contributed by atoms with Gasteiger partial charge in [0.15, 0.2) is 0 Å². The van der Waals surface area contributed by atoms with E-state index < -0.39 is 0 Å². The summed E-state index contributed by atoms with van der Waals surface area (Å²) in [7, 11) is 0. The Hall–Kier alpha value is -0.250. The van der Waals surface area contributed by atoms with Gasteiger partial charge >= 0.3 is 0 Å². The summed E-state index contributed by atoms with van der Waals surface area (Å²) in [6.45, 7) is 2.96. The molecule has 0 bridgehead atoms. The monoisotopic (exact) mass is 211 g/mol. The Morgan fingerprint density at radius 1 is 1.50 bits per heavy atom. The minimum Gasteiger partial charge on any atom is -0.336 e. The molecule has 0 amide bonds. The first-order chi connectivity index (χ1) is 4.83. The third-order valence-electron chi connectivity index (χ3n) is 1.53. The Balaban J connectivity index is 0. The van der Waals surface area contributed by atoms with Crippen LogP contribution in [0.1, 0.15) is 13.3 Å². The number of hydrogen-bond donors (Lipinski definition) is 1. The third-order valence-corrected chi connectivity index (χ3v) is 1.53. The van der Waals surface area contributed by atoms with Crippen molar-refractivity contribution in [2.75, 3.05) is 0 Å². The standard InChI is InChI=1S/C7H13N3.2ClH/c1-2-7(8)5-10-4-3-9-6-10;;/h3-4,6-7H,2,5,8H2,1H3;2*1H. The van der Waals surface area contributed by atoms with Crippen molar-refractivity contribution in [3.8, 4) is 0 Å². The molecular formula is C7H15Cl2N3. The Labute approximate surface area is 85.2 Å². The van der Waals surface area contributed by atoms with Gasteiger partial charge in [-0.1, -0.05) is 6.92 Å². The second kappa shape index (κ2) is 7.40. The molecule has 0 aromatic carbocycles. The van der Waals surface area contributed by atoms with Crippen LogP contribution < -0.4 is 5.73 Å². The summed E-state index contributed by atoms with van der Waals surface area (Å²) in [5.41, 5.74) is 5.72. The lowest BCUT2D eigenvalue weighted by molar-refractivity contribution is 0.538. The van der Waals surface area contributed by atoms with Gasteiger partial charge in [0, 0.05) is 25.0 Å². The molecule has 0 radical (unpaired) electrons. The largest absolute Gasteiger partial charge is 0.336 e. The maximum atomic E-state index is 5.72. The van der Waals surface area contributed by atoms with E-state index in [1.165, 1.54) is 0 Å². The van der Waals surface area contributed by atoms with Gasteiger partial charge < -0.3 is 10.3 Å². The van der Waals surface area contributed by atoms with E-state index in [1.54, 1.807) is 12.5 Å². The highest BCUT2D eigenvalue weighted by atomic mass is 35.5. The molecule has 1 unspecified atom stereocenters. The fraction of sp³-hybridized carbons (Fsp3) is 0.571. The molecule has 0 saturated carbocycles. The minimum atomic E-state index is 0. The van der Waals surface area contributed by atoms with Crippen LogP contribution in [0.4, 0.5) is 0 Å². The van der Waals surface area contributed by atoms with Crippen LogP contribution in [0.5, 0.6) is 0 Å². The molecule has 0 saturated heterocycles. The van der Waals surface area contributed by atoms with Crippen molar-refractivity contribution in [2.45, 2.75) is 25.9 Å². The summed E-state index contributed by atoms with van der Waals surface area (Å²) in [6, 6.07) is 0.259. The van der Waals surface area contributed by atoms with E-state index in [0.717, 1.165) is 13.0 Å². The van der Waals surface area contributed by atoms with Crippen LogP contribution in [-0.2, 0) is 6.54 Å². The van der Waals surface area contributed by atoms with Gasteiger partial charge in [0.1, 0.15) is 0 Å². The van der Waals surface area contributed by atoms with Gasteiger partial charge in [-0.2, -0.15) is 0 Å². The normalized spacial score (nSPS) is 11.2. The Morgan fingerprint density at radius 2 is 2.17 bits per heavy atom. The van der Waals surface area contributed by atoms with Crippen LogP contribution in [-0.4, -0.2) is 15.6 Å². The first-order valence-electron chi connectivity index (χ1n) is 3.54. The average Bonchev–Trinajstić information content (AvgIpc) is 2.40. The van der Waals surface area contributed by atoms with Crippen molar-refractivity contribution in [3.63, 3.8) is 0 Å². The van der Waals surface area contributed by atoms with E-state index in [-0.39, 0.29) is 30.9 Å². The van der Waals surface area contributed by atoms with E-state index in [2.05, 4.69) is 11.9 Å². The van der Waals surface area contributed by atoms with Gasteiger partial charge in [-0.3, -0.25) is 0 Å². The maximum Gasteiger partial charge on any atom is 0.0946 e. The zero-order valence-electron chi connectivity index (χ0n) is 7.01. The molecule has 1 aromatic heterocycles. The number of nitrogens with two attached hydrogens (primary N) is 1. The SMILES string of the molecule is CCC(N)Cn1ccnc1.Cl.Cl. The van der Waals surface area contributed by atoms with Crippen molar-refractivity contribution in [1.29, 1.82) is 0 Å². The van der Waals surface area contributed by atoms with Gasteiger partial charge in [-0.05, 0) is 6.42 Å². The van der Waals surface area contributed by atoms with Crippen LogP contribution in [0, 0.1) is 0 Å². The molecule has 0 aliphatic carbocycles. The van der Waals surface area contributed by atoms with Gasteiger partial charge in [0.2, 0.25) is 0 Å². The third kappa shape index (κ3) is 4.59. The van der Waals surface area contributed by atoms with E-state index in [1.807, 2.05) is 10.8 Å². The Morgan fingerprint density at radius 3 is 2.58 bits per heavy atom. The smallest absolute Gasteiger partial charge is 0.0946 e. The molecule has 1 rings (SSSR count). The Bertz CT molecular complexity index is 177. The number of halogens is 2. The predicted molar refractivity (Wildman–Crippen MR) is 55.0 cm³/mol. The molecule has 0 spiro atoms. The first-order valence-corrected chi connectivity index (χ1v) is 3.54. The summed E-state index contributed by atoms with van der Waals surface area (Å²) in [5.74, 6) is 0. The number of imidazole rings is 1. The van der Waals surface area contributed by atoms with E-state index in [0.29, 0.717) is 0 Å². The molecule has 72 valence electrons. The fourth-order valence-electron chi connectivity index (χ4n) is 0.795. The minimum absolute atomic E-state index is 0. The van der Waals surface area contributed by atoms with Gasteiger partial charge in [0.05, 0.1) is 6.33 Å². The topological polar surface area (TPSA) is 43.8 Å². The zero-order chi connectivity index (χ0) is 7.40. The molecule has 2 N–H and O–H groups in total. The summed E-state index contributed by atoms with van der Waals surface area (Å²) < 4.78 is 1.99. The molecular weight excluding hydrogens is 197 g/mol. The predicted octanol–water partition coefficient (Wildman–Crippen LogP) is 1.46. The maximum absolute atomic E-state index is 5.72. The average molecular weight is 212 g/mol. The molecule has 5 heteroatoms. The van der Waals surface area contributed by atoms with Crippen LogP contribution in [0.15, 0.2) is 18.7 Å². The Kier molecular flexibility index (Phi) is 8.81. The lowest BCUT2D eigenvalue weighted by atomic mass is 10.2. The number of aromatic nitrogens is 2. The van der Waals surface area contributed by atoms with E-state index in [9.17, 15) is 0 Å². The summed E-state index contributed by atoms with van der Waals surface area (Å²) in [4.78, 5) is 3.92. The second-order valence-electron chi connectivity index (χ2n) is 2.43. The van der Waals surface area contributed by atoms with Crippen LogP contribution in [0.3, 0.4) is 0 Å². The highest BCUT2D eigenvalue weighted by Gasteiger charge is 1.97. The molecule has 3 nitrogen and oxygen atoms in total. The van der Waals surface area contributed by atoms with Gasteiger partial charge in [-0.25, -0.2) is 4.98 Å². The zero-order valence-corrected chi connectivity index (χ0v) is 8.64. The van der Waals surface area contributed by atoms with Crippen molar-refractivity contribution in [3.05, 3.63) is 18.7 Å². The fourth-order valence-corrected chi connectivity index (χ4v) is 0.795. The van der Waals surface area contributed by atoms with Crippen molar-refractivity contribution in [1.82, 2.24) is 9.55 Å². The van der Waals surface area contributed by atoms with Crippen LogP contribution >= 0.6 is 24.8 Å². The number of rotatable bonds is 3. The lowest BCUT2D eigenvalue weighted by Gasteiger charge is -2.07. The van der Waals surface area contributed by atoms with Gasteiger partial charge in [-0.15, -0.1) is 24.8 Å². The highest BCUT2D eigenvalue weighted by Crippen LogP contribution is 1.92. The van der Waals surface area contributed by atoms with E-state index in [4.69, 9.17) is 5.73 Å². The molecule has 1 heterocycles. The highest BCUT2D eigenvalue weighted by molar-refractivity contribution is 5.85. The molecule has 1 aromatic rings. The van der Waals surface area contributed by atoms with Gasteiger partial charge in [0.25, 0.3) is 0 Å². The second-order valence-corrected chi connectivity index (χ2v) is 2.43. The van der Waals surface area contributed by atoms with Crippen molar-refractivity contribution >= 4 is 24.8 Å². The molecule has 0 aliphatic heterocycles. The lowest BCUT2D eigenvalue weighted by Crippen LogP contribution is -2.24. The summed E-state index contributed by atoms with van der Waals surface area (Å²) in [6.07, 6.45) is 6.49. The van der Waals surface area contributed by atoms with Crippen LogP contribution in [0.25, 0.3) is 0 Å². The number of nitrogens with zero attached hydrogens (tertiary/aromatic N) is 2. The molecule has 1 atom stereocenters.